The summed E-state index contributed by atoms with van der Waals surface area (Å²) >= 11 is 0. The Morgan fingerprint density at radius 2 is 1.83 bits per heavy atom. The maximum Gasteiger partial charge on any atom is 0.162 e. The van der Waals surface area contributed by atoms with Crippen LogP contribution in [0.4, 0.5) is 0 Å². The standard InChI is InChI=1S/C20H32O4/c1-15(2)7-9-18(23)17(4)6-5-12-20(14-22)19(24-20)10-8-16(3)11-13-21/h6-7,11,19,21-22H,5,8-10,12-14H2,1-4H3/b16-11-,17-6+/t19-,20-/m1/s1. The van der Waals surface area contributed by atoms with Crippen molar-refractivity contribution in [1.29, 1.82) is 0 Å². The van der Waals surface area contributed by atoms with Crippen LogP contribution in [0, 0.1) is 0 Å². The average Bonchev–Trinajstić information content (AvgIpc) is 3.24. The van der Waals surface area contributed by atoms with Crippen LogP contribution in [0.5, 0.6) is 0 Å². The summed E-state index contributed by atoms with van der Waals surface area (Å²) in [6.45, 7) is 7.88. The highest BCUT2D eigenvalue weighted by Crippen LogP contribution is 2.43. The van der Waals surface area contributed by atoms with E-state index in [2.05, 4.69) is 0 Å². The molecule has 1 rings (SSSR count). The van der Waals surface area contributed by atoms with Gasteiger partial charge < -0.3 is 14.9 Å². The second-order valence-electron chi connectivity index (χ2n) is 6.94. The van der Waals surface area contributed by atoms with Crippen LogP contribution in [0.1, 0.15) is 59.8 Å². The smallest absolute Gasteiger partial charge is 0.162 e. The number of carbonyl (C=O) groups is 1. The highest BCUT2D eigenvalue weighted by molar-refractivity contribution is 5.95. The topological polar surface area (TPSA) is 70.1 Å². The summed E-state index contributed by atoms with van der Waals surface area (Å²) in [6.07, 6.45) is 9.39. The van der Waals surface area contributed by atoms with E-state index in [1.807, 2.05) is 39.8 Å². The first-order valence-electron chi connectivity index (χ1n) is 8.73. The molecular formula is C20H32O4. The lowest BCUT2D eigenvalue weighted by Gasteiger charge is -2.08. The lowest BCUT2D eigenvalue weighted by Crippen LogP contribution is -2.20. The van der Waals surface area contributed by atoms with E-state index in [1.54, 1.807) is 6.08 Å². The van der Waals surface area contributed by atoms with Gasteiger partial charge >= 0.3 is 0 Å². The molecule has 24 heavy (non-hydrogen) atoms. The van der Waals surface area contributed by atoms with E-state index in [1.165, 1.54) is 0 Å². The van der Waals surface area contributed by atoms with Gasteiger partial charge in [-0.1, -0.05) is 29.4 Å². The van der Waals surface area contributed by atoms with Crippen molar-refractivity contribution in [3.8, 4) is 0 Å². The molecule has 1 aliphatic heterocycles. The van der Waals surface area contributed by atoms with Crippen molar-refractivity contribution < 1.29 is 19.7 Å². The molecule has 0 aromatic carbocycles. The zero-order valence-corrected chi connectivity index (χ0v) is 15.5. The molecule has 0 aliphatic carbocycles. The van der Waals surface area contributed by atoms with Gasteiger partial charge in [-0.05, 0) is 59.0 Å². The van der Waals surface area contributed by atoms with Crippen molar-refractivity contribution in [3.63, 3.8) is 0 Å². The number of carbonyl (C=O) groups excluding carboxylic acids is 1. The summed E-state index contributed by atoms with van der Waals surface area (Å²) in [5.41, 5.74) is 2.62. The van der Waals surface area contributed by atoms with E-state index in [0.717, 1.165) is 42.4 Å². The average molecular weight is 336 g/mol. The highest BCUT2D eigenvalue weighted by atomic mass is 16.6. The Morgan fingerprint density at radius 3 is 2.42 bits per heavy atom. The summed E-state index contributed by atoms with van der Waals surface area (Å²) in [5.74, 6) is 0.146. The van der Waals surface area contributed by atoms with Crippen molar-refractivity contribution >= 4 is 5.78 Å². The second kappa shape index (κ2) is 9.92. The maximum atomic E-state index is 12.0. The lowest BCUT2D eigenvalue weighted by molar-refractivity contribution is -0.114. The molecule has 2 N–H and O–H groups in total. The Bertz CT molecular complexity index is 512. The first-order valence-corrected chi connectivity index (χ1v) is 8.73. The van der Waals surface area contributed by atoms with Crippen LogP contribution >= 0.6 is 0 Å². The number of aliphatic hydroxyl groups excluding tert-OH is 2. The van der Waals surface area contributed by atoms with Crippen molar-refractivity contribution in [2.75, 3.05) is 13.2 Å². The molecule has 1 heterocycles. The Balaban J connectivity index is 2.42. The third-order valence-electron chi connectivity index (χ3n) is 4.57. The van der Waals surface area contributed by atoms with Gasteiger partial charge in [0.15, 0.2) is 5.78 Å². The zero-order valence-electron chi connectivity index (χ0n) is 15.5. The van der Waals surface area contributed by atoms with Crippen molar-refractivity contribution in [2.24, 2.45) is 0 Å². The molecule has 0 unspecified atom stereocenters. The molecule has 1 saturated heterocycles. The number of aliphatic hydroxyl groups is 2. The summed E-state index contributed by atoms with van der Waals surface area (Å²) in [7, 11) is 0. The summed E-state index contributed by atoms with van der Waals surface area (Å²) in [4.78, 5) is 12.0. The van der Waals surface area contributed by atoms with Gasteiger partial charge in [0.2, 0.25) is 0 Å². The van der Waals surface area contributed by atoms with Gasteiger partial charge in [-0.3, -0.25) is 4.79 Å². The number of ether oxygens (including phenoxy) is 1. The van der Waals surface area contributed by atoms with Gasteiger partial charge in [0.25, 0.3) is 0 Å². The number of rotatable bonds is 11. The Morgan fingerprint density at radius 1 is 1.12 bits per heavy atom. The van der Waals surface area contributed by atoms with Gasteiger partial charge in [0, 0.05) is 6.42 Å². The quantitative estimate of drug-likeness (QED) is 0.344. The fourth-order valence-electron chi connectivity index (χ4n) is 2.73. The molecule has 0 aromatic heterocycles. The monoisotopic (exact) mass is 336 g/mol. The summed E-state index contributed by atoms with van der Waals surface area (Å²) < 4.78 is 5.74. The first-order chi connectivity index (χ1) is 11.3. The number of ketones is 1. The SMILES string of the molecule is CC(C)=CCC(=O)/C(C)=C/CC[C@]1(CO)O[C@@H]1CC/C(C)=C\CO. The molecule has 136 valence electrons. The molecule has 2 atom stereocenters. The van der Waals surface area contributed by atoms with E-state index >= 15 is 0 Å². The van der Waals surface area contributed by atoms with Crippen LogP contribution in [-0.4, -0.2) is 40.9 Å². The minimum atomic E-state index is -0.445. The predicted molar refractivity (Wildman–Crippen MR) is 96.8 cm³/mol. The van der Waals surface area contributed by atoms with Crippen LogP contribution in [0.3, 0.4) is 0 Å². The van der Waals surface area contributed by atoms with Crippen molar-refractivity contribution in [3.05, 3.63) is 34.9 Å². The molecule has 4 heteroatoms. The van der Waals surface area contributed by atoms with Gasteiger partial charge in [-0.15, -0.1) is 0 Å². The van der Waals surface area contributed by atoms with Gasteiger partial charge in [-0.25, -0.2) is 0 Å². The van der Waals surface area contributed by atoms with Gasteiger partial charge in [0.05, 0.1) is 19.3 Å². The Hall–Kier alpha value is -1.23. The fraction of sp³-hybridized carbons (Fsp3) is 0.650. The molecule has 0 aromatic rings. The molecule has 0 saturated carbocycles. The number of Topliss-reactive ketones (excluding diaryl/α,β-unsaturated/α-hetero) is 1. The Labute approximate surface area is 145 Å². The minimum absolute atomic E-state index is 0.0129. The summed E-state index contributed by atoms with van der Waals surface area (Å²) in [5, 5.41) is 18.5. The highest BCUT2D eigenvalue weighted by Gasteiger charge is 2.54. The third kappa shape index (κ3) is 6.71. The van der Waals surface area contributed by atoms with Crippen molar-refractivity contribution in [1.82, 2.24) is 0 Å². The Kier molecular flexibility index (Phi) is 8.60. The predicted octanol–water partition coefficient (Wildman–Crippen LogP) is 3.49. The molecular weight excluding hydrogens is 304 g/mol. The van der Waals surface area contributed by atoms with Crippen LogP contribution in [-0.2, 0) is 9.53 Å². The molecule has 0 bridgehead atoms. The van der Waals surface area contributed by atoms with E-state index in [0.29, 0.717) is 6.42 Å². The molecule has 0 amide bonds. The van der Waals surface area contributed by atoms with E-state index in [9.17, 15) is 9.90 Å². The van der Waals surface area contributed by atoms with E-state index < -0.39 is 5.60 Å². The normalized spacial score (nSPS) is 24.0. The lowest BCUT2D eigenvalue weighted by atomic mass is 9.95. The van der Waals surface area contributed by atoms with Crippen LogP contribution in [0.2, 0.25) is 0 Å². The number of epoxide rings is 1. The van der Waals surface area contributed by atoms with Crippen LogP contribution in [0.25, 0.3) is 0 Å². The number of allylic oxidation sites excluding steroid dienone is 5. The fourth-order valence-corrected chi connectivity index (χ4v) is 2.73. The summed E-state index contributed by atoms with van der Waals surface area (Å²) in [6, 6.07) is 0. The van der Waals surface area contributed by atoms with Gasteiger partial charge in [0.1, 0.15) is 5.60 Å². The van der Waals surface area contributed by atoms with Crippen LogP contribution < -0.4 is 0 Å². The molecule has 1 fully saturated rings. The second-order valence-corrected chi connectivity index (χ2v) is 6.94. The molecule has 4 nitrogen and oxygen atoms in total. The van der Waals surface area contributed by atoms with Crippen molar-refractivity contribution in [2.45, 2.75) is 71.5 Å². The largest absolute Gasteiger partial charge is 0.393 e. The minimum Gasteiger partial charge on any atom is -0.393 e. The zero-order chi connectivity index (χ0) is 18.2. The first kappa shape index (κ1) is 20.8. The maximum absolute atomic E-state index is 12.0. The molecule has 0 radical (unpaired) electrons. The molecule has 0 spiro atoms. The van der Waals surface area contributed by atoms with E-state index in [-0.39, 0.29) is 25.1 Å². The van der Waals surface area contributed by atoms with E-state index in [4.69, 9.17) is 9.84 Å². The number of hydrogen-bond donors (Lipinski definition) is 2. The third-order valence-corrected chi connectivity index (χ3v) is 4.57. The molecule has 1 aliphatic rings. The van der Waals surface area contributed by atoms with Gasteiger partial charge in [-0.2, -0.15) is 0 Å². The number of hydrogen-bond acceptors (Lipinski definition) is 4. The van der Waals surface area contributed by atoms with Crippen LogP contribution in [0.15, 0.2) is 34.9 Å².